The minimum absolute atomic E-state index is 0.145. The summed E-state index contributed by atoms with van der Waals surface area (Å²) in [4.78, 5) is 0. The van der Waals surface area contributed by atoms with Gasteiger partial charge in [-0.1, -0.05) is 35.3 Å². The van der Waals surface area contributed by atoms with Crippen molar-refractivity contribution in [1.82, 2.24) is 5.32 Å². The Morgan fingerprint density at radius 1 is 1.00 bits per heavy atom. The van der Waals surface area contributed by atoms with Gasteiger partial charge in [-0.2, -0.15) is 8.78 Å². The van der Waals surface area contributed by atoms with Gasteiger partial charge in [-0.15, -0.1) is 0 Å². The Bertz CT molecular complexity index is 591. The van der Waals surface area contributed by atoms with Gasteiger partial charge in [-0.05, 0) is 41.5 Å². The molecule has 1 N–H and O–H groups in total. The van der Waals surface area contributed by atoms with E-state index in [1.165, 1.54) is 12.1 Å². The smallest absolute Gasteiger partial charge is 0.387 e. The van der Waals surface area contributed by atoms with Crippen molar-refractivity contribution in [2.75, 3.05) is 0 Å². The van der Waals surface area contributed by atoms with Crippen LogP contribution in [0.15, 0.2) is 42.5 Å². The molecule has 0 amide bonds. The first-order valence-corrected chi connectivity index (χ1v) is 6.98. The molecule has 2 nitrogen and oxygen atoms in total. The molecule has 0 aromatic heterocycles. The zero-order valence-corrected chi connectivity index (χ0v) is 12.5. The summed E-state index contributed by atoms with van der Waals surface area (Å²) in [7, 11) is 0. The van der Waals surface area contributed by atoms with Crippen molar-refractivity contribution in [3.63, 3.8) is 0 Å². The van der Waals surface area contributed by atoms with Gasteiger partial charge in [-0.25, -0.2) is 0 Å². The Morgan fingerprint density at radius 3 is 2.38 bits per heavy atom. The molecule has 2 aromatic rings. The highest BCUT2D eigenvalue weighted by Crippen LogP contribution is 2.20. The van der Waals surface area contributed by atoms with Crippen molar-refractivity contribution in [2.24, 2.45) is 0 Å². The number of halogens is 4. The lowest BCUT2D eigenvalue weighted by Crippen LogP contribution is -2.13. The number of ether oxygens (including phenoxy) is 1. The number of hydrogen-bond donors (Lipinski definition) is 1. The standard InChI is InChI=1S/C15H13Cl2F2NO/c16-12-3-6-14(17)11(7-12)9-20-8-10-1-4-13(5-2-10)21-15(18)19/h1-7,15,20H,8-9H2. The summed E-state index contributed by atoms with van der Waals surface area (Å²) in [5.41, 5.74) is 1.86. The molecule has 0 aliphatic rings. The van der Waals surface area contributed by atoms with Gasteiger partial charge < -0.3 is 10.1 Å². The highest BCUT2D eigenvalue weighted by Gasteiger charge is 2.04. The van der Waals surface area contributed by atoms with Crippen molar-refractivity contribution in [3.05, 3.63) is 63.6 Å². The second-order valence-electron chi connectivity index (χ2n) is 4.36. The Hall–Kier alpha value is -1.36. The minimum Gasteiger partial charge on any atom is -0.435 e. The molecule has 0 saturated carbocycles. The van der Waals surface area contributed by atoms with Gasteiger partial charge in [0, 0.05) is 23.1 Å². The number of rotatable bonds is 6. The monoisotopic (exact) mass is 331 g/mol. The molecule has 0 aliphatic carbocycles. The second kappa shape index (κ2) is 7.59. The van der Waals surface area contributed by atoms with Crippen LogP contribution in [0.25, 0.3) is 0 Å². The maximum atomic E-state index is 12.0. The van der Waals surface area contributed by atoms with Crippen LogP contribution in [0.3, 0.4) is 0 Å². The highest BCUT2D eigenvalue weighted by atomic mass is 35.5. The van der Waals surface area contributed by atoms with Gasteiger partial charge in [0.2, 0.25) is 0 Å². The quantitative estimate of drug-likeness (QED) is 0.814. The fourth-order valence-corrected chi connectivity index (χ4v) is 2.19. The molecule has 2 aromatic carbocycles. The summed E-state index contributed by atoms with van der Waals surface area (Å²) in [5.74, 6) is 0.145. The van der Waals surface area contributed by atoms with Crippen molar-refractivity contribution in [2.45, 2.75) is 19.7 Å². The van der Waals surface area contributed by atoms with E-state index in [1.54, 1.807) is 30.3 Å². The summed E-state index contributed by atoms with van der Waals surface area (Å²) in [6.07, 6.45) is 0. The fraction of sp³-hybridized carbons (Fsp3) is 0.200. The molecule has 0 radical (unpaired) electrons. The van der Waals surface area contributed by atoms with Crippen LogP contribution in [-0.4, -0.2) is 6.61 Å². The van der Waals surface area contributed by atoms with E-state index in [1.807, 2.05) is 0 Å². The molecule has 0 heterocycles. The normalized spacial score (nSPS) is 10.9. The van der Waals surface area contributed by atoms with E-state index < -0.39 is 6.61 Å². The first-order chi connectivity index (χ1) is 10.0. The van der Waals surface area contributed by atoms with Gasteiger partial charge >= 0.3 is 6.61 Å². The lowest BCUT2D eigenvalue weighted by molar-refractivity contribution is -0.0498. The molecule has 0 bridgehead atoms. The Kier molecular flexibility index (Phi) is 5.79. The van der Waals surface area contributed by atoms with E-state index in [4.69, 9.17) is 23.2 Å². The first kappa shape index (κ1) is 16.0. The summed E-state index contributed by atoms with van der Waals surface area (Å²) in [6, 6.07) is 11.8. The Balaban J connectivity index is 1.87. The largest absolute Gasteiger partial charge is 0.435 e. The molecule has 6 heteroatoms. The molecule has 0 unspecified atom stereocenters. The molecule has 21 heavy (non-hydrogen) atoms. The van der Waals surface area contributed by atoms with Crippen LogP contribution in [-0.2, 0) is 13.1 Å². The SMILES string of the molecule is FC(F)Oc1ccc(CNCc2cc(Cl)ccc2Cl)cc1. The van der Waals surface area contributed by atoms with Gasteiger partial charge in [0.05, 0.1) is 0 Å². The third kappa shape index (κ3) is 5.16. The third-order valence-corrected chi connectivity index (χ3v) is 3.40. The van der Waals surface area contributed by atoms with E-state index in [-0.39, 0.29) is 5.75 Å². The van der Waals surface area contributed by atoms with Crippen LogP contribution in [0.2, 0.25) is 10.0 Å². The predicted octanol–water partition coefficient (Wildman–Crippen LogP) is 4.88. The fourth-order valence-electron chi connectivity index (χ4n) is 1.81. The van der Waals surface area contributed by atoms with E-state index >= 15 is 0 Å². The van der Waals surface area contributed by atoms with E-state index in [0.717, 1.165) is 11.1 Å². The molecule has 0 spiro atoms. The van der Waals surface area contributed by atoms with Crippen LogP contribution >= 0.6 is 23.2 Å². The summed E-state index contributed by atoms with van der Waals surface area (Å²) >= 11 is 12.0. The molecule has 0 aliphatic heterocycles. The molecule has 0 fully saturated rings. The number of nitrogens with one attached hydrogen (secondary N) is 1. The lowest BCUT2D eigenvalue weighted by atomic mass is 10.2. The molecule has 112 valence electrons. The number of benzene rings is 2. The average molecular weight is 332 g/mol. The summed E-state index contributed by atoms with van der Waals surface area (Å²) in [5, 5.41) is 4.49. The topological polar surface area (TPSA) is 21.3 Å². The minimum atomic E-state index is -2.81. The van der Waals surface area contributed by atoms with Crippen LogP contribution in [0.5, 0.6) is 5.75 Å². The van der Waals surface area contributed by atoms with Crippen LogP contribution < -0.4 is 10.1 Å². The van der Waals surface area contributed by atoms with Crippen molar-refractivity contribution < 1.29 is 13.5 Å². The average Bonchev–Trinajstić information content (AvgIpc) is 2.44. The van der Waals surface area contributed by atoms with Crippen molar-refractivity contribution in [1.29, 1.82) is 0 Å². The van der Waals surface area contributed by atoms with E-state index in [9.17, 15) is 8.78 Å². The molecule has 2 rings (SSSR count). The summed E-state index contributed by atoms with van der Waals surface area (Å²) in [6.45, 7) is -1.66. The zero-order chi connectivity index (χ0) is 15.2. The maximum absolute atomic E-state index is 12.0. The second-order valence-corrected chi connectivity index (χ2v) is 5.21. The predicted molar refractivity (Wildman–Crippen MR) is 80.1 cm³/mol. The van der Waals surface area contributed by atoms with Crippen molar-refractivity contribution in [3.8, 4) is 5.75 Å². The molecular weight excluding hydrogens is 319 g/mol. The third-order valence-electron chi connectivity index (χ3n) is 2.80. The molecule has 0 atom stereocenters. The molecule has 0 saturated heterocycles. The van der Waals surface area contributed by atoms with Crippen molar-refractivity contribution >= 4 is 23.2 Å². The van der Waals surface area contributed by atoms with Gasteiger partial charge in [-0.3, -0.25) is 0 Å². The van der Waals surface area contributed by atoms with Gasteiger partial charge in [0.15, 0.2) is 0 Å². The molecular formula is C15H13Cl2F2NO. The van der Waals surface area contributed by atoms with Crippen LogP contribution in [0.4, 0.5) is 8.78 Å². The first-order valence-electron chi connectivity index (χ1n) is 6.23. The van der Waals surface area contributed by atoms with E-state index in [0.29, 0.717) is 23.1 Å². The summed E-state index contributed by atoms with van der Waals surface area (Å²) < 4.78 is 28.3. The van der Waals surface area contributed by atoms with Gasteiger partial charge in [0.1, 0.15) is 5.75 Å². The number of alkyl halides is 2. The Labute approximate surface area is 131 Å². The Morgan fingerprint density at radius 2 is 1.71 bits per heavy atom. The maximum Gasteiger partial charge on any atom is 0.387 e. The van der Waals surface area contributed by atoms with Crippen LogP contribution in [0, 0.1) is 0 Å². The lowest BCUT2D eigenvalue weighted by Gasteiger charge is -2.08. The van der Waals surface area contributed by atoms with Crippen LogP contribution in [0.1, 0.15) is 11.1 Å². The van der Waals surface area contributed by atoms with E-state index in [2.05, 4.69) is 10.1 Å². The zero-order valence-electron chi connectivity index (χ0n) is 11.0. The number of hydrogen-bond acceptors (Lipinski definition) is 2. The van der Waals surface area contributed by atoms with Gasteiger partial charge in [0.25, 0.3) is 0 Å². The highest BCUT2D eigenvalue weighted by molar-refractivity contribution is 6.33.